The normalized spacial score (nSPS) is 27.1. The number of ether oxygens (including phenoxy) is 1. The molecule has 4 rings (SSSR count). The van der Waals surface area contributed by atoms with Gasteiger partial charge in [-0.2, -0.15) is 0 Å². The summed E-state index contributed by atoms with van der Waals surface area (Å²) in [6.45, 7) is 3.24. The first-order valence-corrected chi connectivity index (χ1v) is 11.5. The van der Waals surface area contributed by atoms with Crippen LogP contribution in [0.2, 0.25) is 0 Å². The molecular weight excluding hydrogens is 419 g/mol. The summed E-state index contributed by atoms with van der Waals surface area (Å²) in [6.07, 6.45) is 1.70. The van der Waals surface area contributed by atoms with Crippen LogP contribution < -0.4 is 5.32 Å². The Morgan fingerprint density at radius 3 is 2.58 bits per heavy atom. The molecule has 31 heavy (non-hydrogen) atoms. The van der Waals surface area contributed by atoms with E-state index in [0.29, 0.717) is 44.6 Å². The van der Waals surface area contributed by atoms with Crippen LogP contribution in [0.15, 0.2) is 41.8 Å². The first kappa shape index (κ1) is 21.9. The number of carbonyl (C=O) groups excluding carboxylic acids is 2. The molecule has 2 amide bonds. The molecule has 2 fully saturated rings. The fourth-order valence-electron chi connectivity index (χ4n) is 4.43. The van der Waals surface area contributed by atoms with Gasteiger partial charge in [0.15, 0.2) is 0 Å². The molecule has 3 unspecified atom stereocenters. The van der Waals surface area contributed by atoms with E-state index < -0.39 is 29.4 Å². The molecule has 166 valence electrons. The molecule has 0 saturated carbocycles. The molecule has 0 bridgehead atoms. The number of hydrogen-bond donors (Lipinski definition) is 2. The van der Waals surface area contributed by atoms with Crippen LogP contribution in [-0.2, 0) is 9.53 Å². The maximum absolute atomic E-state index is 13.4. The molecule has 3 atom stereocenters. The van der Waals surface area contributed by atoms with Gasteiger partial charge in [-0.25, -0.2) is 4.39 Å². The molecule has 0 radical (unpaired) electrons. The van der Waals surface area contributed by atoms with Crippen LogP contribution in [0.5, 0.6) is 0 Å². The third-order valence-electron chi connectivity index (χ3n) is 6.26. The minimum atomic E-state index is -1.21. The zero-order chi connectivity index (χ0) is 22.0. The van der Waals surface area contributed by atoms with E-state index in [9.17, 15) is 19.1 Å². The van der Waals surface area contributed by atoms with E-state index in [-0.39, 0.29) is 11.8 Å². The highest BCUT2D eigenvalue weighted by molar-refractivity contribution is 7.10. The van der Waals surface area contributed by atoms with Gasteiger partial charge in [0.2, 0.25) is 5.91 Å². The van der Waals surface area contributed by atoms with Gasteiger partial charge in [-0.05, 0) is 61.9 Å². The Balaban J connectivity index is 1.65. The summed E-state index contributed by atoms with van der Waals surface area (Å²) in [5.41, 5.74) is -0.911. The van der Waals surface area contributed by atoms with Gasteiger partial charge in [-0.15, -0.1) is 11.3 Å². The number of halogens is 1. The molecule has 2 aromatic rings. The number of piperidine rings is 1. The maximum Gasteiger partial charge on any atom is 0.251 e. The van der Waals surface area contributed by atoms with Gasteiger partial charge < -0.3 is 20.1 Å². The van der Waals surface area contributed by atoms with Gasteiger partial charge in [0.05, 0.1) is 17.7 Å². The first-order chi connectivity index (χ1) is 14.9. The summed E-state index contributed by atoms with van der Waals surface area (Å²) < 4.78 is 18.7. The predicted molar refractivity (Wildman–Crippen MR) is 115 cm³/mol. The molecular formula is C23H27FN2O4S. The van der Waals surface area contributed by atoms with Crippen molar-refractivity contribution in [2.24, 2.45) is 5.92 Å². The lowest BCUT2D eigenvalue weighted by atomic mass is 9.80. The van der Waals surface area contributed by atoms with Crippen molar-refractivity contribution in [3.05, 3.63) is 58.0 Å². The number of thiophene rings is 1. The smallest absolute Gasteiger partial charge is 0.251 e. The number of carbonyl (C=O) groups is 2. The lowest BCUT2D eigenvalue weighted by Gasteiger charge is -2.49. The average molecular weight is 447 g/mol. The van der Waals surface area contributed by atoms with E-state index in [0.717, 1.165) is 4.88 Å². The van der Waals surface area contributed by atoms with Crippen LogP contribution in [0.3, 0.4) is 0 Å². The fourth-order valence-corrected chi connectivity index (χ4v) is 5.30. The second-order valence-electron chi connectivity index (χ2n) is 8.44. The van der Waals surface area contributed by atoms with Crippen LogP contribution in [0.1, 0.15) is 47.5 Å². The second-order valence-corrected chi connectivity index (χ2v) is 9.42. The van der Waals surface area contributed by atoms with Crippen molar-refractivity contribution in [2.75, 3.05) is 19.8 Å². The minimum absolute atomic E-state index is 0.0400. The molecule has 2 aliphatic heterocycles. The Hall–Kier alpha value is -2.29. The van der Waals surface area contributed by atoms with Crippen molar-refractivity contribution >= 4 is 23.2 Å². The third kappa shape index (κ3) is 4.66. The highest BCUT2D eigenvalue weighted by Crippen LogP contribution is 2.40. The average Bonchev–Trinajstić information content (AvgIpc) is 3.30. The van der Waals surface area contributed by atoms with Crippen LogP contribution >= 0.6 is 11.3 Å². The number of nitrogens with one attached hydrogen (secondary N) is 1. The molecule has 2 N–H and O–H groups in total. The lowest BCUT2D eigenvalue weighted by Crippen LogP contribution is -2.63. The molecule has 0 spiro atoms. The minimum Gasteiger partial charge on any atom is -0.388 e. The number of nitrogens with zero attached hydrogens (tertiary/aromatic N) is 1. The van der Waals surface area contributed by atoms with E-state index in [1.165, 1.54) is 35.6 Å². The highest BCUT2D eigenvalue weighted by atomic mass is 32.1. The molecule has 0 aliphatic carbocycles. The van der Waals surface area contributed by atoms with E-state index in [1.54, 1.807) is 6.92 Å². The molecule has 1 aromatic carbocycles. The number of likely N-dealkylation sites (tertiary alicyclic amines) is 1. The van der Waals surface area contributed by atoms with Crippen LogP contribution in [0, 0.1) is 11.7 Å². The van der Waals surface area contributed by atoms with Crippen molar-refractivity contribution in [3.63, 3.8) is 0 Å². The van der Waals surface area contributed by atoms with Gasteiger partial charge in [0.1, 0.15) is 5.82 Å². The number of aliphatic hydroxyl groups is 1. The maximum atomic E-state index is 13.4. The van der Waals surface area contributed by atoms with Gasteiger partial charge >= 0.3 is 0 Å². The zero-order valence-electron chi connectivity index (χ0n) is 17.4. The second kappa shape index (κ2) is 9.06. The largest absolute Gasteiger partial charge is 0.388 e. The van der Waals surface area contributed by atoms with Crippen molar-refractivity contribution in [1.29, 1.82) is 0 Å². The van der Waals surface area contributed by atoms with Crippen molar-refractivity contribution in [1.82, 2.24) is 10.2 Å². The van der Waals surface area contributed by atoms with Crippen LogP contribution in [0.4, 0.5) is 4.39 Å². The number of hydrogen-bond acceptors (Lipinski definition) is 5. The highest BCUT2D eigenvalue weighted by Gasteiger charge is 2.49. The van der Waals surface area contributed by atoms with E-state index in [1.807, 2.05) is 22.4 Å². The third-order valence-corrected chi connectivity index (χ3v) is 7.20. The van der Waals surface area contributed by atoms with Crippen LogP contribution in [-0.4, -0.2) is 53.2 Å². The van der Waals surface area contributed by atoms with E-state index >= 15 is 0 Å². The Bertz CT molecular complexity index is 910. The topological polar surface area (TPSA) is 78.9 Å². The summed E-state index contributed by atoms with van der Waals surface area (Å²) in [7, 11) is 0. The number of amides is 2. The number of rotatable bonds is 4. The molecule has 2 aliphatic rings. The Morgan fingerprint density at radius 2 is 1.94 bits per heavy atom. The monoisotopic (exact) mass is 446 g/mol. The Morgan fingerprint density at radius 1 is 1.23 bits per heavy atom. The van der Waals surface area contributed by atoms with Crippen molar-refractivity contribution in [3.8, 4) is 0 Å². The fraction of sp³-hybridized carbons (Fsp3) is 0.478. The quantitative estimate of drug-likeness (QED) is 0.756. The molecule has 2 saturated heterocycles. The van der Waals surface area contributed by atoms with Gasteiger partial charge in [0.25, 0.3) is 5.91 Å². The Labute approximate surface area is 185 Å². The standard InChI is InChI=1S/C23H27FN2O4S/c1-23(29)10-11-26(22(28)16-8-12-30-13-9-16)19(18-3-2-14-31-18)20(23)25-21(27)15-4-6-17(24)7-5-15/h2-7,14,16,19-20,29H,8-13H2,1H3,(H,25,27). The van der Waals surface area contributed by atoms with Crippen LogP contribution in [0.25, 0.3) is 0 Å². The summed E-state index contributed by atoms with van der Waals surface area (Å²) in [5, 5.41) is 16.1. The first-order valence-electron chi connectivity index (χ1n) is 10.6. The Kier molecular flexibility index (Phi) is 6.41. The van der Waals surface area contributed by atoms with Gasteiger partial charge in [0, 0.05) is 36.1 Å². The summed E-state index contributed by atoms with van der Waals surface area (Å²) in [5.74, 6) is -0.913. The lowest BCUT2D eigenvalue weighted by molar-refractivity contribution is -0.149. The van der Waals surface area contributed by atoms with E-state index in [2.05, 4.69) is 5.32 Å². The summed E-state index contributed by atoms with van der Waals surface area (Å²) >= 11 is 1.50. The van der Waals surface area contributed by atoms with Crippen molar-refractivity contribution in [2.45, 2.75) is 43.9 Å². The molecule has 1 aromatic heterocycles. The van der Waals surface area contributed by atoms with E-state index in [4.69, 9.17) is 4.74 Å². The summed E-state index contributed by atoms with van der Waals surface area (Å²) in [4.78, 5) is 29.1. The SMILES string of the molecule is CC1(O)CCN(C(=O)C2CCOCC2)C(c2cccs2)C1NC(=O)c1ccc(F)cc1. The summed E-state index contributed by atoms with van der Waals surface area (Å²) in [6, 6.07) is 7.92. The number of benzene rings is 1. The van der Waals surface area contributed by atoms with Gasteiger partial charge in [-0.1, -0.05) is 6.07 Å². The molecule has 6 nitrogen and oxygen atoms in total. The predicted octanol–water partition coefficient (Wildman–Crippen LogP) is 3.14. The molecule has 3 heterocycles. The van der Waals surface area contributed by atoms with Gasteiger partial charge in [-0.3, -0.25) is 9.59 Å². The molecule has 8 heteroatoms. The zero-order valence-corrected chi connectivity index (χ0v) is 18.2. The van der Waals surface area contributed by atoms with Crippen molar-refractivity contribution < 1.29 is 23.8 Å².